The molecule has 0 spiro atoms. The molecule has 1 atom stereocenters. The molecule has 0 radical (unpaired) electrons. The van der Waals surface area contributed by atoms with Gasteiger partial charge in [-0.25, -0.2) is 0 Å². The standard InChI is InChI=1S/C13H29NO/c1-5-9-14(4)10-7-11-15-12-8-13(3)6-2/h13H,5-12H2,1-4H3. The van der Waals surface area contributed by atoms with Gasteiger partial charge in [0.2, 0.25) is 0 Å². The molecule has 0 saturated carbocycles. The molecule has 0 aliphatic rings. The van der Waals surface area contributed by atoms with Crippen molar-refractivity contribution in [2.75, 3.05) is 33.4 Å². The van der Waals surface area contributed by atoms with E-state index in [0.717, 1.165) is 32.1 Å². The highest BCUT2D eigenvalue weighted by molar-refractivity contribution is 4.51. The fourth-order valence-corrected chi connectivity index (χ4v) is 1.52. The quantitative estimate of drug-likeness (QED) is 0.519. The maximum Gasteiger partial charge on any atom is 0.0478 e. The lowest BCUT2D eigenvalue weighted by atomic mass is 10.1. The first-order valence-electron chi connectivity index (χ1n) is 6.47. The lowest BCUT2D eigenvalue weighted by molar-refractivity contribution is 0.112. The van der Waals surface area contributed by atoms with Gasteiger partial charge in [-0.1, -0.05) is 27.2 Å². The van der Waals surface area contributed by atoms with Crippen LogP contribution in [0.4, 0.5) is 0 Å². The van der Waals surface area contributed by atoms with Crippen molar-refractivity contribution in [1.82, 2.24) is 4.90 Å². The van der Waals surface area contributed by atoms with Gasteiger partial charge in [-0.15, -0.1) is 0 Å². The molecule has 1 unspecified atom stereocenters. The Morgan fingerprint density at radius 3 is 2.47 bits per heavy atom. The molecule has 0 amide bonds. The predicted molar refractivity (Wildman–Crippen MR) is 67.3 cm³/mol. The highest BCUT2D eigenvalue weighted by Crippen LogP contribution is 2.05. The van der Waals surface area contributed by atoms with Crippen molar-refractivity contribution in [1.29, 1.82) is 0 Å². The van der Waals surface area contributed by atoms with Crippen LogP contribution in [0.2, 0.25) is 0 Å². The van der Waals surface area contributed by atoms with E-state index in [-0.39, 0.29) is 0 Å². The summed E-state index contributed by atoms with van der Waals surface area (Å²) in [5, 5.41) is 0. The third kappa shape index (κ3) is 10.2. The summed E-state index contributed by atoms with van der Waals surface area (Å²) < 4.78 is 5.61. The molecule has 0 aromatic heterocycles. The van der Waals surface area contributed by atoms with Crippen molar-refractivity contribution in [2.45, 2.75) is 46.5 Å². The van der Waals surface area contributed by atoms with Crippen molar-refractivity contribution in [3.8, 4) is 0 Å². The number of hydrogen-bond donors (Lipinski definition) is 0. The first-order valence-corrected chi connectivity index (χ1v) is 6.47. The number of hydrogen-bond acceptors (Lipinski definition) is 2. The summed E-state index contributed by atoms with van der Waals surface area (Å²) in [7, 11) is 2.18. The van der Waals surface area contributed by atoms with Gasteiger partial charge < -0.3 is 9.64 Å². The highest BCUT2D eigenvalue weighted by atomic mass is 16.5. The third-order valence-corrected chi connectivity index (χ3v) is 2.89. The second-order valence-corrected chi connectivity index (χ2v) is 4.57. The summed E-state index contributed by atoms with van der Waals surface area (Å²) in [5.41, 5.74) is 0. The number of ether oxygens (including phenoxy) is 1. The van der Waals surface area contributed by atoms with E-state index in [1.54, 1.807) is 0 Å². The predicted octanol–water partition coefficient (Wildman–Crippen LogP) is 3.17. The fraction of sp³-hybridized carbons (Fsp3) is 1.00. The topological polar surface area (TPSA) is 12.5 Å². The number of rotatable bonds is 10. The average molecular weight is 215 g/mol. The van der Waals surface area contributed by atoms with Gasteiger partial charge in [-0.05, 0) is 38.8 Å². The summed E-state index contributed by atoms with van der Waals surface area (Å²) in [6, 6.07) is 0. The van der Waals surface area contributed by atoms with Crippen LogP contribution in [0.25, 0.3) is 0 Å². The Bertz CT molecular complexity index is 128. The number of nitrogens with zero attached hydrogens (tertiary/aromatic N) is 1. The highest BCUT2D eigenvalue weighted by Gasteiger charge is 1.99. The Labute approximate surface area is 96.0 Å². The van der Waals surface area contributed by atoms with Gasteiger partial charge >= 0.3 is 0 Å². The molecule has 0 saturated heterocycles. The summed E-state index contributed by atoms with van der Waals surface area (Å²) in [4.78, 5) is 2.37. The van der Waals surface area contributed by atoms with Crippen molar-refractivity contribution in [2.24, 2.45) is 5.92 Å². The molecule has 0 fully saturated rings. The molecule has 0 aliphatic carbocycles. The zero-order chi connectivity index (χ0) is 11.5. The minimum atomic E-state index is 0.813. The van der Waals surface area contributed by atoms with E-state index in [1.807, 2.05) is 0 Å². The average Bonchev–Trinajstić information content (AvgIpc) is 2.23. The first kappa shape index (κ1) is 14.9. The monoisotopic (exact) mass is 215 g/mol. The van der Waals surface area contributed by atoms with Crippen LogP contribution in [0.5, 0.6) is 0 Å². The van der Waals surface area contributed by atoms with Crippen LogP contribution in [0.3, 0.4) is 0 Å². The Kier molecular flexibility index (Phi) is 10.4. The first-order chi connectivity index (χ1) is 7.20. The molecule has 0 rings (SSSR count). The van der Waals surface area contributed by atoms with Crippen molar-refractivity contribution < 1.29 is 4.74 Å². The van der Waals surface area contributed by atoms with Gasteiger partial charge in [-0.2, -0.15) is 0 Å². The lowest BCUT2D eigenvalue weighted by Crippen LogP contribution is -2.21. The van der Waals surface area contributed by atoms with Crippen LogP contribution in [0, 0.1) is 5.92 Å². The second-order valence-electron chi connectivity index (χ2n) is 4.57. The van der Waals surface area contributed by atoms with Gasteiger partial charge in [0, 0.05) is 19.8 Å². The molecule has 0 aliphatic heterocycles. The van der Waals surface area contributed by atoms with E-state index < -0.39 is 0 Å². The second kappa shape index (κ2) is 10.4. The smallest absolute Gasteiger partial charge is 0.0478 e. The molecule has 2 nitrogen and oxygen atoms in total. The van der Waals surface area contributed by atoms with Gasteiger partial charge in [-0.3, -0.25) is 0 Å². The molecular formula is C13H29NO. The minimum Gasteiger partial charge on any atom is -0.381 e. The van der Waals surface area contributed by atoms with Crippen LogP contribution in [-0.4, -0.2) is 38.3 Å². The van der Waals surface area contributed by atoms with E-state index in [0.29, 0.717) is 0 Å². The van der Waals surface area contributed by atoms with Crippen LogP contribution in [-0.2, 0) is 4.74 Å². The Morgan fingerprint density at radius 1 is 1.13 bits per heavy atom. The fourth-order valence-electron chi connectivity index (χ4n) is 1.52. The molecule has 0 aromatic carbocycles. The third-order valence-electron chi connectivity index (χ3n) is 2.89. The molecule has 92 valence electrons. The van der Waals surface area contributed by atoms with E-state index >= 15 is 0 Å². The van der Waals surface area contributed by atoms with Gasteiger partial charge in [0.15, 0.2) is 0 Å². The minimum absolute atomic E-state index is 0.813. The van der Waals surface area contributed by atoms with Crippen LogP contribution >= 0.6 is 0 Å². The SMILES string of the molecule is CCCN(C)CCCOCCC(C)CC. The molecule has 2 heteroatoms. The summed E-state index contributed by atoms with van der Waals surface area (Å²) >= 11 is 0. The zero-order valence-electron chi connectivity index (χ0n) is 11.1. The Balaban J connectivity index is 3.11. The maximum absolute atomic E-state index is 5.61. The van der Waals surface area contributed by atoms with Crippen LogP contribution < -0.4 is 0 Å². The zero-order valence-corrected chi connectivity index (χ0v) is 11.1. The van der Waals surface area contributed by atoms with E-state index in [4.69, 9.17) is 4.74 Å². The van der Waals surface area contributed by atoms with Crippen LogP contribution in [0.1, 0.15) is 46.5 Å². The largest absolute Gasteiger partial charge is 0.381 e. The molecule has 0 N–H and O–H groups in total. The van der Waals surface area contributed by atoms with Gasteiger partial charge in [0.05, 0.1) is 0 Å². The molecule has 15 heavy (non-hydrogen) atoms. The summed E-state index contributed by atoms with van der Waals surface area (Å²) in [5.74, 6) is 0.813. The van der Waals surface area contributed by atoms with Crippen molar-refractivity contribution in [3.05, 3.63) is 0 Å². The molecule has 0 aromatic rings. The van der Waals surface area contributed by atoms with Gasteiger partial charge in [0.1, 0.15) is 0 Å². The lowest BCUT2D eigenvalue weighted by Gasteiger charge is -2.15. The van der Waals surface area contributed by atoms with Gasteiger partial charge in [0.25, 0.3) is 0 Å². The van der Waals surface area contributed by atoms with Crippen LogP contribution in [0.15, 0.2) is 0 Å². The normalized spacial score (nSPS) is 13.4. The van der Waals surface area contributed by atoms with E-state index in [9.17, 15) is 0 Å². The van der Waals surface area contributed by atoms with E-state index in [1.165, 1.54) is 25.8 Å². The molecule has 0 heterocycles. The Hall–Kier alpha value is -0.0800. The molecular weight excluding hydrogens is 186 g/mol. The van der Waals surface area contributed by atoms with Crippen molar-refractivity contribution >= 4 is 0 Å². The van der Waals surface area contributed by atoms with E-state index in [2.05, 4.69) is 32.7 Å². The Morgan fingerprint density at radius 2 is 1.87 bits per heavy atom. The maximum atomic E-state index is 5.61. The summed E-state index contributed by atoms with van der Waals surface area (Å²) in [6.45, 7) is 11.0. The molecule has 0 bridgehead atoms. The summed E-state index contributed by atoms with van der Waals surface area (Å²) in [6.07, 6.45) is 4.88. The van der Waals surface area contributed by atoms with Crippen molar-refractivity contribution in [3.63, 3.8) is 0 Å².